The quantitative estimate of drug-likeness (QED) is 0.814. The molecular weight excluding hydrogens is 262 g/mol. The van der Waals surface area contributed by atoms with Crippen LogP contribution in [0.1, 0.15) is 38.4 Å². The van der Waals surface area contributed by atoms with E-state index in [1.165, 1.54) is 24.4 Å². The Balaban J connectivity index is 2.02. The number of anilines is 1. The predicted molar refractivity (Wildman–Crippen MR) is 76.6 cm³/mol. The minimum atomic E-state index is -0.274. The molecule has 2 rings (SSSR count). The van der Waals surface area contributed by atoms with Gasteiger partial charge in [-0.1, -0.05) is 6.92 Å². The highest BCUT2D eigenvalue weighted by atomic mass is 32.1. The summed E-state index contributed by atoms with van der Waals surface area (Å²) in [4.78, 5) is 4.59. The van der Waals surface area contributed by atoms with Crippen molar-refractivity contribution < 1.29 is 9.47 Å². The van der Waals surface area contributed by atoms with Crippen molar-refractivity contribution in [2.75, 3.05) is 32.7 Å². The summed E-state index contributed by atoms with van der Waals surface area (Å²) in [6.45, 7) is 3.72. The van der Waals surface area contributed by atoms with Crippen LogP contribution in [0.4, 0.5) is 5.13 Å². The molecule has 6 heteroatoms. The van der Waals surface area contributed by atoms with Crippen molar-refractivity contribution in [3.8, 4) is 0 Å². The van der Waals surface area contributed by atoms with E-state index >= 15 is 0 Å². The molecular formula is C13H23N3O2S. The molecule has 0 amide bonds. The van der Waals surface area contributed by atoms with E-state index < -0.39 is 0 Å². The second-order valence-corrected chi connectivity index (χ2v) is 5.98. The molecule has 108 valence electrons. The van der Waals surface area contributed by atoms with Gasteiger partial charge in [0.05, 0.1) is 6.61 Å². The van der Waals surface area contributed by atoms with Crippen molar-refractivity contribution in [3.63, 3.8) is 0 Å². The molecule has 1 heterocycles. The Bertz CT molecular complexity index is 389. The first kappa shape index (κ1) is 14.7. The van der Waals surface area contributed by atoms with Gasteiger partial charge in [-0.2, -0.15) is 4.37 Å². The fourth-order valence-corrected chi connectivity index (χ4v) is 3.16. The third kappa shape index (κ3) is 3.43. The molecule has 1 aromatic rings. The maximum atomic E-state index is 5.78. The monoisotopic (exact) mass is 285 g/mol. The highest BCUT2D eigenvalue weighted by Gasteiger charge is 2.39. The third-order valence-electron chi connectivity index (χ3n) is 3.89. The van der Waals surface area contributed by atoms with Crippen LogP contribution in [0.5, 0.6) is 0 Å². The van der Waals surface area contributed by atoms with Gasteiger partial charge < -0.3 is 14.8 Å². The molecule has 0 aliphatic heterocycles. The van der Waals surface area contributed by atoms with Crippen LogP contribution in [0.2, 0.25) is 0 Å². The van der Waals surface area contributed by atoms with Gasteiger partial charge in [0, 0.05) is 32.3 Å². The largest absolute Gasteiger partial charge is 0.383 e. The predicted octanol–water partition coefficient (Wildman–Crippen LogP) is 2.65. The molecule has 0 saturated heterocycles. The SMILES string of the molecule is COCCNc1nc(C2(OC)CCC(C)CC2)ns1. The number of nitrogens with zero attached hydrogens (tertiary/aromatic N) is 2. The summed E-state index contributed by atoms with van der Waals surface area (Å²) in [7, 11) is 3.46. The van der Waals surface area contributed by atoms with Gasteiger partial charge in [-0.15, -0.1) is 0 Å². The maximum Gasteiger partial charge on any atom is 0.202 e. The van der Waals surface area contributed by atoms with E-state index in [4.69, 9.17) is 9.47 Å². The van der Waals surface area contributed by atoms with E-state index in [9.17, 15) is 0 Å². The summed E-state index contributed by atoms with van der Waals surface area (Å²) in [5.41, 5.74) is -0.274. The standard InChI is InChI=1S/C13H23N3O2S/c1-10-4-6-13(18-3,7-5-10)11-15-12(19-16-11)14-8-9-17-2/h10H,4-9H2,1-3H3,(H,14,15,16). The molecule has 0 bridgehead atoms. The summed E-state index contributed by atoms with van der Waals surface area (Å²) in [5, 5.41) is 4.07. The summed E-state index contributed by atoms with van der Waals surface area (Å²) in [6, 6.07) is 0. The normalized spacial score (nSPS) is 27.4. The minimum absolute atomic E-state index is 0.274. The van der Waals surface area contributed by atoms with Crippen molar-refractivity contribution in [3.05, 3.63) is 5.82 Å². The molecule has 1 saturated carbocycles. The number of hydrogen-bond acceptors (Lipinski definition) is 6. The van der Waals surface area contributed by atoms with Crippen molar-refractivity contribution in [1.82, 2.24) is 9.36 Å². The van der Waals surface area contributed by atoms with Crippen molar-refractivity contribution >= 4 is 16.7 Å². The van der Waals surface area contributed by atoms with Crippen LogP contribution in [-0.4, -0.2) is 36.7 Å². The first-order valence-corrected chi connectivity index (χ1v) is 7.59. The van der Waals surface area contributed by atoms with Gasteiger partial charge in [0.2, 0.25) is 5.13 Å². The Kier molecular flexibility index (Phi) is 5.13. The molecule has 0 radical (unpaired) electrons. The number of rotatable bonds is 6. The van der Waals surface area contributed by atoms with E-state index in [0.717, 1.165) is 36.3 Å². The fourth-order valence-electron chi connectivity index (χ4n) is 2.49. The molecule has 0 unspecified atom stereocenters. The molecule has 1 aliphatic carbocycles. The molecule has 1 aromatic heterocycles. The van der Waals surface area contributed by atoms with Gasteiger partial charge >= 0.3 is 0 Å². The Morgan fingerprint density at radius 1 is 1.37 bits per heavy atom. The summed E-state index contributed by atoms with van der Waals surface area (Å²) >= 11 is 1.40. The lowest BCUT2D eigenvalue weighted by atomic mass is 9.79. The van der Waals surface area contributed by atoms with Gasteiger partial charge in [-0.05, 0) is 31.6 Å². The molecule has 19 heavy (non-hydrogen) atoms. The van der Waals surface area contributed by atoms with Crippen molar-refractivity contribution in [2.24, 2.45) is 5.92 Å². The lowest BCUT2D eigenvalue weighted by molar-refractivity contribution is -0.0588. The van der Waals surface area contributed by atoms with Gasteiger partial charge in [-0.3, -0.25) is 0 Å². The van der Waals surface area contributed by atoms with E-state index in [-0.39, 0.29) is 5.60 Å². The highest BCUT2D eigenvalue weighted by Crippen LogP contribution is 2.41. The van der Waals surface area contributed by atoms with Crippen molar-refractivity contribution in [1.29, 1.82) is 0 Å². The first-order valence-electron chi connectivity index (χ1n) is 6.82. The molecule has 5 nitrogen and oxygen atoms in total. The van der Waals surface area contributed by atoms with E-state index in [1.807, 2.05) is 0 Å². The van der Waals surface area contributed by atoms with Crippen LogP contribution >= 0.6 is 11.5 Å². The summed E-state index contributed by atoms with van der Waals surface area (Å²) in [5.74, 6) is 1.62. The van der Waals surface area contributed by atoms with Gasteiger partial charge in [0.25, 0.3) is 0 Å². The lowest BCUT2D eigenvalue weighted by Gasteiger charge is -2.35. The average molecular weight is 285 g/mol. The Labute approximate surface area is 118 Å². The molecule has 0 spiro atoms. The van der Waals surface area contributed by atoms with Crippen LogP contribution in [-0.2, 0) is 15.1 Å². The van der Waals surface area contributed by atoms with Crippen LogP contribution in [0.15, 0.2) is 0 Å². The Morgan fingerprint density at radius 2 is 2.11 bits per heavy atom. The molecule has 1 aliphatic rings. The maximum absolute atomic E-state index is 5.78. The second-order valence-electron chi connectivity index (χ2n) is 5.22. The number of ether oxygens (including phenoxy) is 2. The van der Waals surface area contributed by atoms with Crippen LogP contribution in [0.25, 0.3) is 0 Å². The van der Waals surface area contributed by atoms with Crippen LogP contribution < -0.4 is 5.32 Å². The number of aromatic nitrogens is 2. The molecule has 1 N–H and O–H groups in total. The zero-order valence-corrected chi connectivity index (χ0v) is 12.8. The van der Waals surface area contributed by atoms with Crippen LogP contribution in [0.3, 0.4) is 0 Å². The molecule has 0 aromatic carbocycles. The zero-order valence-electron chi connectivity index (χ0n) is 11.9. The number of hydrogen-bond donors (Lipinski definition) is 1. The fraction of sp³-hybridized carbons (Fsp3) is 0.846. The van der Waals surface area contributed by atoms with Crippen molar-refractivity contribution in [2.45, 2.75) is 38.2 Å². The summed E-state index contributed by atoms with van der Waals surface area (Å²) < 4.78 is 15.3. The summed E-state index contributed by atoms with van der Waals surface area (Å²) in [6.07, 6.45) is 4.39. The van der Waals surface area contributed by atoms with Gasteiger partial charge in [0.1, 0.15) is 5.60 Å². The lowest BCUT2D eigenvalue weighted by Crippen LogP contribution is -2.34. The molecule has 1 fully saturated rings. The highest BCUT2D eigenvalue weighted by molar-refractivity contribution is 7.09. The van der Waals surface area contributed by atoms with E-state index in [2.05, 4.69) is 21.6 Å². The van der Waals surface area contributed by atoms with Crippen LogP contribution in [0, 0.1) is 5.92 Å². The Hall–Kier alpha value is -0.720. The topological polar surface area (TPSA) is 56.3 Å². The van der Waals surface area contributed by atoms with Gasteiger partial charge in [0.15, 0.2) is 5.82 Å². The zero-order chi connectivity index (χ0) is 13.7. The number of nitrogens with one attached hydrogen (secondary N) is 1. The van der Waals surface area contributed by atoms with E-state index in [1.54, 1.807) is 14.2 Å². The minimum Gasteiger partial charge on any atom is -0.383 e. The molecule has 0 atom stereocenters. The Morgan fingerprint density at radius 3 is 2.74 bits per heavy atom. The first-order chi connectivity index (χ1) is 9.20. The number of methoxy groups -OCH3 is 2. The second kappa shape index (κ2) is 6.63. The third-order valence-corrected chi connectivity index (χ3v) is 4.56. The van der Waals surface area contributed by atoms with Gasteiger partial charge in [-0.25, -0.2) is 4.98 Å². The average Bonchev–Trinajstić information content (AvgIpc) is 2.90. The van der Waals surface area contributed by atoms with E-state index in [0.29, 0.717) is 6.61 Å². The smallest absolute Gasteiger partial charge is 0.202 e.